The van der Waals surface area contributed by atoms with E-state index in [-0.39, 0.29) is 17.4 Å². The van der Waals surface area contributed by atoms with Crippen LogP contribution in [0.1, 0.15) is 19.3 Å². The number of rotatable bonds is 3. The highest BCUT2D eigenvalue weighted by Crippen LogP contribution is 2.21. The van der Waals surface area contributed by atoms with Crippen LogP contribution in [0.25, 0.3) is 0 Å². The summed E-state index contributed by atoms with van der Waals surface area (Å²) >= 11 is 0. The molecule has 0 spiro atoms. The molecular weight excluding hydrogens is 204 g/mol. The molecule has 1 rings (SSSR count). The predicted octanol–water partition coefficient (Wildman–Crippen LogP) is 0.842. The zero-order chi connectivity index (χ0) is 10.6. The normalized spacial score (nSPS) is 26.4. The lowest BCUT2D eigenvalue weighted by molar-refractivity contribution is -0.131. The molecular formula is C9H14O4S. The highest BCUT2D eigenvalue weighted by molar-refractivity contribution is 7.91. The molecule has 0 bridgehead atoms. The van der Waals surface area contributed by atoms with Crippen LogP contribution in [0, 0.1) is 5.92 Å². The average Bonchev–Trinajstić information content (AvgIpc) is 2.01. The lowest BCUT2D eigenvalue weighted by Gasteiger charge is -2.20. The van der Waals surface area contributed by atoms with E-state index in [4.69, 9.17) is 5.11 Å². The third-order valence-corrected chi connectivity index (χ3v) is 4.18. The molecule has 0 amide bonds. The Hall–Kier alpha value is -0.840. The van der Waals surface area contributed by atoms with E-state index in [0.29, 0.717) is 12.8 Å². The molecule has 1 atom stereocenters. The van der Waals surface area contributed by atoms with Crippen LogP contribution in [0.3, 0.4) is 0 Å². The van der Waals surface area contributed by atoms with Gasteiger partial charge in [-0.25, -0.2) is 13.2 Å². The lowest BCUT2D eigenvalue weighted by Crippen LogP contribution is -2.24. The van der Waals surface area contributed by atoms with Gasteiger partial charge >= 0.3 is 5.97 Å². The van der Waals surface area contributed by atoms with E-state index in [9.17, 15) is 13.2 Å². The number of allylic oxidation sites excluding steroid dienone is 1. The SMILES string of the molecule is O=C(O)/C=C\CC1CCCS(=O)(=O)C1. The van der Waals surface area contributed by atoms with Gasteiger partial charge in [0.15, 0.2) is 9.84 Å². The van der Waals surface area contributed by atoms with E-state index >= 15 is 0 Å². The number of carboxylic acid groups (broad SMARTS) is 1. The average molecular weight is 218 g/mol. The van der Waals surface area contributed by atoms with Gasteiger partial charge in [0.05, 0.1) is 11.5 Å². The maximum Gasteiger partial charge on any atom is 0.327 e. The molecule has 80 valence electrons. The van der Waals surface area contributed by atoms with Crippen LogP contribution in [-0.4, -0.2) is 31.0 Å². The first kappa shape index (κ1) is 11.2. The van der Waals surface area contributed by atoms with Gasteiger partial charge in [0.2, 0.25) is 0 Å². The Morgan fingerprint density at radius 2 is 2.21 bits per heavy atom. The number of carboxylic acids is 1. The summed E-state index contributed by atoms with van der Waals surface area (Å²) in [6, 6.07) is 0. The Labute approximate surface area is 83.5 Å². The van der Waals surface area contributed by atoms with Crippen molar-refractivity contribution in [3.8, 4) is 0 Å². The van der Waals surface area contributed by atoms with Crippen molar-refractivity contribution in [2.45, 2.75) is 19.3 Å². The van der Waals surface area contributed by atoms with E-state index in [1.807, 2.05) is 0 Å². The largest absolute Gasteiger partial charge is 0.478 e. The van der Waals surface area contributed by atoms with E-state index in [1.165, 1.54) is 6.08 Å². The van der Waals surface area contributed by atoms with Crippen LogP contribution >= 0.6 is 0 Å². The van der Waals surface area contributed by atoms with E-state index < -0.39 is 15.8 Å². The third kappa shape index (κ3) is 3.91. The Morgan fingerprint density at radius 1 is 1.50 bits per heavy atom. The summed E-state index contributed by atoms with van der Waals surface area (Å²) in [6.45, 7) is 0. The van der Waals surface area contributed by atoms with E-state index in [0.717, 1.165) is 12.5 Å². The zero-order valence-electron chi connectivity index (χ0n) is 7.85. The summed E-state index contributed by atoms with van der Waals surface area (Å²) in [5, 5.41) is 8.34. The number of sulfone groups is 1. The predicted molar refractivity (Wildman–Crippen MR) is 52.8 cm³/mol. The number of carbonyl (C=O) groups is 1. The van der Waals surface area contributed by atoms with Crippen LogP contribution in [0.15, 0.2) is 12.2 Å². The molecule has 1 aliphatic rings. The highest BCUT2D eigenvalue weighted by atomic mass is 32.2. The van der Waals surface area contributed by atoms with Crippen molar-refractivity contribution in [1.29, 1.82) is 0 Å². The molecule has 0 aromatic carbocycles. The van der Waals surface area contributed by atoms with Crippen molar-refractivity contribution < 1.29 is 18.3 Å². The van der Waals surface area contributed by atoms with Crippen molar-refractivity contribution >= 4 is 15.8 Å². The first-order valence-electron chi connectivity index (χ1n) is 4.59. The second-order valence-corrected chi connectivity index (χ2v) is 5.83. The quantitative estimate of drug-likeness (QED) is 0.712. The molecule has 14 heavy (non-hydrogen) atoms. The first-order valence-corrected chi connectivity index (χ1v) is 6.41. The standard InChI is InChI=1S/C9H14O4S/c10-9(11)5-1-3-8-4-2-6-14(12,13)7-8/h1,5,8H,2-4,6-7H2,(H,10,11)/b5-1-. The minimum Gasteiger partial charge on any atom is -0.478 e. The summed E-state index contributed by atoms with van der Waals surface area (Å²) in [5.74, 6) is -0.392. The molecule has 0 aromatic heterocycles. The number of hydrogen-bond acceptors (Lipinski definition) is 3. The molecule has 0 saturated carbocycles. The topological polar surface area (TPSA) is 71.4 Å². The minimum absolute atomic E-state index is 0.101. The fourth-order valence-corrected chi connectivity index (χ4v) is 3.46. The van der Waals surface area contributed by atoms with Gasteiger partial charge in [0.1, 0.15) is 0 Å². The van der Waals surface area contributed by atoms with Gasteiger partial charge in [-0.3, -0.25) is 0 Å². The van der Waals surface area contributed by atoms with Gasteiger partial charge in [0.25, 0.3) is 0 Å². The molecule has 0 aromatic rings. The fraction of sp³-hybridized carbons (Fsp3) is 0.667. The second-order valence-electron chi connectivity index (χ2n) is 3.60. The molecule has 4 nitrogen and oxygen atoms in total. The molecule has 1 fully saturated rings. The molecule has 1 aliphatic heterocycles. The van der Waals surface area contributed by atoms with Crippen molar-refractivity contribution in [1.82, 2.24) is 0 Å². The van der Waals surface area contributed by atoms with Crippen molar-refractivity contribution in [2.75, 3.05) is 11.5 Å². The van der Waals surface area contributed by atoms with Crippen molar-refractivity contribution in [2.24, 2.45) is 5.92 Å². The molecule has 1 unspecified atom stereocenters. The molecule has 0 radical (unpaired) electrons. The van der Waals surface area contributed by atoms with Crippen LogP contribution < -0.4 is 0 Å². The molecule has 1 N–H and O–H groups in total. The minimum atomic E-state index is -2.86. The van der Waals surface area contributed by atoms with E-state index in [2.05, 4.69) is 0 Å². The summed E-state index contributed by atoms with van der Waals surface area (Å²) in [6.07, 6.45) is 4.73. The second kappa shape index (κ2) is 4.59. The Bertz CT molecular complexity index is 329. The number of aliphatic carboxylic acids is 1. The Morgan fingerprint density at radius 3 is 2.79 bits per heavy atom. The molecule has 1 saturated heterocycles. The summed E-state index contributed by atoms with van der Waals surface area (Å²) in [4.78, 5) is 10.2. The Balaban J connectivity index is 2.43. The maximum atomic E-state index is 11.2. The lowest BCUT2D eigenvalue weighted by atomic mass is 10.0. The van der Waals surface area contributed by atoms with Crippen LogP contribution in [-0.2, 0) is 14.6 Å². The highest BCUT2D eigenvalue weighted by Gasteiger charge is 2.23. The molecule has 5 heteroatoms. The van der Waals surface area contributed by atoms with Crippen LogP contribution in [0.4, 0.5) is 0 Å². The number of hydrogen-bond donors (Lipinski definition) is 1. The van der Waals surface area contributed by atoms with Gasteiger partial charge in [-0.2, -0.15) is 0 Å². The third-order valence-electron chi connectivity index (χ3n) is 2.29. The van der Waals surface area contributed by atoms with Gasteiger partial charge in [-0.15, -0.1) is 0 Å². The monoisotopic (exact) mass is 218 g/mol. The molecule has 1 heterocycles. The summed E-state index contributed by atoms with van der Waals surface area (Å²) in [5.41, 5.74) is 0. The van der Waals surface area contributed by atoms with Gasteiger partial charge in [-0.05, 0) is 25.2 Å². The van der Waals surface area contributed by atoms with Crippen LogP contribution in [0.2, 0.25) is 0 Å². The van der Waals surface area contributed by atoms with Crippen LogP contribution in [0.5, 0.6) is 0 Å². The molecule has 0 aliphatic carbocycles. The first-order chi connectivity index (χ1) is 6.49. The van der Waals surface area contributed by atoms with Crippen molar-refractivity contribution in [3.05, 3.63) is 12.2 Å². The van der Waals surface area contributed by atoms with Gasteiger partial charge < -0.3 is 5.11 Å². The Kier molecular flexibility index (Phi) is 3.69. The smallest absolute Gasteiger partial charge is 0.327 e. The van der Waals surface area contributed by atoms with Gasteiger partial charge in [0, 0.05) is 6.08 Å². The van der Waals surface area contributed by atoms with E-state index in [1.54, 1.807) is 0 Å². The zero-order valence-corrected chi connectivity index (χ0v) is 8.66. The summed E-state index contributed by atoms with van der Waals surface area (Å²) in [7, 11) is -2.86. The van der Waals surface area contributed by atoms with Gasteiger partial charge in [-0.1, -0.05) is 6.08 Å². The maximum absolute atomic E-state index is 11.2. The summed E-state index contributed by atoms with van der Waals surface area (Å²) < 4.78 is 22.4. The fourth-order valence-electron chi connectivity index (χ4n) is 1.66. The van der Waals surface area contributed by atoms with Crippen molar-refractivity contribution in [3.63, 3.8) is 0 Å².